The van der Waals surface area contributed by atoms with E-state index in [4.69, 9.17) is 4.74 Å². The Kier molecular flexibility index (Phi) is 5.60. The fourth-order valence-electron chi connectivity index (χ4n) is 3.25. The summed E-state index contributed by atoms with van der Waals surface area (Å²) in [5.41, 5.74) is 0.406. The maximum Gasteiger partial charge on any atom is 0.295 e. The summed E-state index contributed by atoms with van der Waals surface area (Å²) in [6.07, 6.45) is 0. The molecule has 0 spiro atoms. The minimum absolute atomic E-state index is 0.133. The Morgan fingerprint density at radius 3 is 2.28 bits per heavy atom. The second-order valence-electron chi connectivity index (χ2n) is 6.29. The fourth-order valence-corrected chi connectivity index (χ4v) is 3.25. The maximum absolute atomic E-state index is 12.7. The van der Waals surface area contributed by atoms with Crippen LogP contribution in [0.2, 0.25) is 0 Å². The normalized spacial score (nSPS) is 18.1. The Morgan fingerprint density at radius 2 is 1.76 bits per heavy atom. The number of aliphatic hydroxyl groups excluding tert-OH is 2. The number of amides is 1. The molecule has 1 amide bonds. The standard InChI is InChI=1S/C20H18N2O7/c1-29-15-8-4-13(5-9-15)18(24)16-17(21(10-11-23)20(26)19(16)25)12-2-6-14(7-3-12)22(27)28/h2-9,17,23-24H,10-11H2,1H3. The van der Waals surface area contributed by atoms with Crippen molar-refractivity contribution in [3.8, 4) is 5.75 Å². The first-order valence-corrected chi connectivity index (χ1v) is 8.67. The van der Waals surface area contributed by atoms with E-state index in [-0.39, 0.29) is 30.2 Å². The Morgan fingerprint density at radius 1 is 1.14 bits per heavy atom. The second kappa shape index (κ2) is 8.11. The van der Waals surface area contributed by atoms with Gasteiger partial charge < -0.3 is 19.8 Å². The van der Waals surface area contributed by atoms with E-state index < -0.39 is 22.7 Å². The lowest BCUT2D eigenvalue weighted by Gasteiger charge is -2.24. The van der Waals surface area contributed by atoms with E-state index in [2.05, 4.69) is 0 Å². The molecule has 2 aromatic carbocycles. The van der Waals surface area contributed by atoms with E-state index in [1.165, 1.54) is 31.4 Å². The van der Waals surface area contributed by atoms with Crippen LogP contribution in [0.4, 0.5) is 5.69 Å². The molecule has 1 saturated heterocycles. The molecular weight excluding hydrogens is 380 g/mol. The number of aliphatic hydroxyl groups is 2. The third-order valence-corrected chi connectivity index (χ3v) is 4.66. The Balaban J connectivity index is 2.14. The molecule has 0 aromatic heterocycles. The molecule has 1 heterocycles. The highest BCUT2D eigenvalue weighted by Crippen LogP contribution is 2.39. The number of carbonyl (C=O) groups is 2. The molecule has 3 rings (SSSR count). The highest BCUT2D eigenvalue weighted by Gasteiger charge is 2.45. The zero-order valence-electron chi connectivity index (χ0n) is 15.4. The van der Waals surface area contributed by atoms with Crippen molar-refractivity contribution >= 4 is 23.1 Å². The van der Waals surface area contributed by atoms with Crippen LogP contribution >= 0.6 is 0 Å². The first kappa shape index (κ1) is 20.0. The van der Waals surface area contributed by atoms with Crippen LogP contribution in [-0.2, 0) is 9.59 Å². The largest absolute Gasteiger partial charge is 0.507 e. The molecule has 0 radical (unpaired) electrons. The zero-order valence-corrected chi connectivity index (χ0v) is 15.4. The number of hydrogen-bond donors (Lipinski definition) is 2. The molecule has 1 atom stereocenters. The topological polar surface area (TPSA) is 130 Å². The predicted octanol–water partition coefficient (Wildman–Crippen LogP) is 2.02. The molecule has 9 heteroatoms. The van der Waals surface area contributed by atoms with Crippen molar-refractivity contribution in [3.05, 3.63) is 75.3 Å². The Hall–Kier alpha value is -3.72. The third kappa shape index (κ3) is 3.67. The summed E-state index contributed by atoms with van der Waals surface area (Å²) < 4.78 is 5.07. The van der Waals surface area contributed by atoms with Gasteiger partial charge in [-0.1, -0.05) is 0 Å². The Labute approximate surface area is 165 Å². The highest BCUT2D eigenvalue weighted by atomic mass is 16.6. The van der Waals surface area contributed by atoms with Gasteiger partial charge in [-0.2, -0.15) is 0 Å². The van der Waals surface area contributed by atoms with Crippen molar-refractivity contribution in [3.63, 3.8) is 0 Å². The number of β-amino-alcohol motifs (C(OH)–C–C–N with tert-alkyl or cyclic N) is 1. The van der Waals surface area contributed by atoms with Gasteiger partial charge in [0.15, 0.2) is 0 Å². The molecule has 1 unspecified atom stereocenters. The molecule has 29 heavy (non-hydrogen) atoms. The summed E-state index contributed by atoms with van der Waals surface area (Å²) in [4.78, 5) is 36.6. The average Bonchev–Trinajstić information content (AvgIpc) is 2.98. The van der Waals surface area contributed by atoms with Crippen molar-refractivity contribution in [2.24, 2.45) is 0 Å². The summed E-state index contributed by atoms with van der Waals surface area (Å²) >= 11 is 0. The van der Waals surface area contributed by atoms with Crippen LogP contribution in [0, 0.1) is 10.1 Å². The molecule has 9 nitrogen and oxygen atoms in total. The van der Waals surface area contributed by atoms with Crippen LogP contribution in [-0.4, -0.2) is 52.0 Å². The summed E-state index contributed by atoms with van der Waals surface area (Å²) in [7, 11) is 1.49. The Bertz CT molecular complexity index is 981. The lowest BCUT2D eigenvalue weighted by Crippen LogP contribution is -2.32. The number of ketones is 1. The number of likely N-dealkylation sites (tertiary alicyclic amines) is 1. The summed E-state index contributed by atoms with van der Waals surface area (Å²) in [5.74, 6) is -1.59. The van der Waals surface area contributed by atoms with E-state index in [1.54, 1.807) is 24.3 Å². The van der Waals surface area contributed by atoms with Crippen molar-refractivity contribution in [1.29, 1.82) is 0 Å². The maximum atomic E-state index is 12.7. The number of non-ortho nitro benzene ring substituents is 1. The summed E-state index contributed by atoms with van der Waals surface area (Å²) in [6, 6.07) is 10.6. The number of Topliss-reactive ketones (excluding diaryl/α,β-unsaturated/α-hetero) is 1. The van der Waals surface area contributed by atoms with Gasteiger partial charge in [0.25, 0.3) is 17.4 Å². The number of hydrogen-bond acceptors (Lipinski definition) is 7. The highest BCUT2D eigenvalue weighted by molar-refractivity contribution is 6.46. The molecule has 2 aromatic rings. The van der Waals surface area contributed by atoms with Crippen LogP contribution in [0.15, 0.2) is 54.1 Å². The van der Waals surface area contributed by atoms with E-state index in [1.807, 2.05) is 0 Å². The van der Waals surface area contributed by atoms with E-state index in [0.717, 1.165) is 4.90 Å². The molecule has 2 N–H and O–H groups in total. The van der Waals surface area contributed by atoms with Crippen molar-refractivity contribution in [1.82, 2.24) is 4.90 Å². The third-order valence-electron chi connectivity index (χ3n) is 4.66. The number of carbonyl (C=O) groups excluding carboxylic acids is 2. The van der Waals surface area contributed by atoms with Crippen LogP contribution < -0.4 is 4.74 Å². The van der Waals surface area contributed by atoms with Gasteiger partial charge in [-0.05, 0) is 42.0 Å². The molecule has 0 aliphatic carbocycles. The first-order valence-electron chi connectivity index (χ1n) is 8.67. The van der Waals surface area contributed by atoms with Gasteiger partial charge in [-0.25, -0.2) is 0 Å². The molecule has 1 aliphatic rings. The number of benzene rings is 2. The molecule has 150 valence electrons. The smallest absolute Gasteiger partial charge is 0.295 e. The zero-order chi connectivity index (χ0) is 21.1. The van der Waals surface area contributed by atoms with Gasteiger partial charge in [0.05, 0.1) is 30.3 Å². The van der Waals surface area contributed by atoms with Gasteiger partial charge >= 0.3 is 0 Å². The van der Waals surface area contributed by atoms with E-state index in [9.17, 15) is 29.9 Å². The minimum Gasteiger partial charge on any atom is -0.507 e. The molecule has 1 aliphatic heterocycles. The second-order valence-corrected chi connectivity index (χ2v) is 6.29. The number of nitro groups is 1. The molecule has 1 fully saturated rings. The number of nitrogens with zero attached hydrogens (tertiary/aromatic N) is 2. The lowest BCUT2D eigenvalue weighted by molar-refractivity contribution is -0.384. The summed E-state index contributed by atoms with van der Waals surface area (Å²) in [6.45, 7) is -0.523. The van der Waals surface area contributed by atoms with Crippen molar-refractivity contribution < 1.29 is 29.5 Å². The van der Waals surface area contributed by atoms with Gasteiger partial charge in [-0.3, -0.25) is 19.7 Å². The predicted molar refractivity (Wildman–Crippen MR) is 102 cm³/mol. The lowest BCUT2D eigenvalue weighted by atomic mass is 9.95. The first-order chi connectivity index (χ1) is 13.9. The van der Waals surface area contributed by atoms with Crippen LogP contribution in [0.25, 0.3) is 5.76 Å². The molecular formula is C20H18N2O7. The van der Waals surface area contributed by atoms with Gasteiger partial charge in [0.1, 0.15) is 11.5 Å². The number of rotatable bonds is 6. The number of methoxy groups -OCH3 is 1. The average molecular weight is 398 g/mol. The van der Waals surface area contributed by atoms with Gasteiger partial charge in [0, 0.05) is 24.2 Å². The van der Waals surface area contributed by atoms with Crippen molar-refractivity contribution in [2.45, 2.75) is 6.04 Å². The van der Waals surface area contributed by atoms with E-state index >= 15 is 0 Å². The molecule has 0 bridgehead atoms. The molecule has 0 saturated carbocycles. The number of ether oxygens (including phenoxy) is 1. The van der Waals surface area contributed by atoms with Crippen molar-refractivity contribution in [2.75, 3.05) is 20.3 Å². The van der Waals surface area contributed by atoms with Gasteiger partial charge in [-0.15, -0.1) is 0 Å². The van der Waals surface area contributed by atoms with Crippen LogP contribution in [0.5, 0.6) is 5.75 Å². The van der Waals surface area contributed by atoms with Crippen LogP contribution in [0.3, 0.4) is 0 Å². The minimum atomic E-state index is -0.981. The summed E-state index contributed by atoms with van der Waals surface area (Å²) in [5, 5.41) is 31.0. The van der Waals surface area contributed by atoms with Crippen LogP contribution in [0.1, 0.15) is 17.2 Å². The SMILES string of the molecule is COc1ccc(C(O)=C2C(=O)C(=O)N(CCO)C2c2ccc([N+](=O)[O-])cc2)cc1. The quantitative estimate of drug-likeness (QED) is 0.250. The fraction of sp³-hybridized carbons (Fsp3) is 0.200. The van der Waals surface area contributed by atoms with Gasteiger partial charge in [0.2, 0.25) is 0 Å². The number of nitro benzene ring substituents is 1. The van der Waals surface area contributed by atoms with E-state index in [0.29, 0.717) is 16.9 Å². The monoisotopic (exact) mass is 398 g/mol.